The van der Waals surface area contributed by atoms with Crippen LogP contribution in [0.1, 0.15) is 5.56 Å². The van der Waals surface area contributed by atoms with Gasteiger partial charge in [0.05, 0.1) is 6.54 Å². The van der Waals surface area contributed by atoms with Gasteiger partial charge in [0, 0.05) is 58.2 Å². The predicted octanol–water partition coefficient (Wildman–Crippen LogP) is 1.90. The van der Waals surface area contributed by atoms with E-state index in [9.17, 15) is 9.90 Å². The molecule has 1 heterocycles. The number of carbonyl (C=O) groups is 1. The lowest BCUT2D eigenvalue weighted by atomic mass is 10.2. The van der Waals surface area contributed by atoms with Crippen molar-refractivity contribution in [3.05, 3.63) is 54.1 Å². The average Bonchev–Trinajstić information content (AvgIpc) is 2.68. The quantitative estimate of drug-likeness (QED) is 0.816. The molecule has 6 nitrogen and oxygen atoms in total. The minimum atomic E-state index is 0.0600. The summed E-state index contributed by atoms with van der Waals surface area (Å²) in [7, 11) is 4.02. The molecular formula is C21H28N4O2. The third-order valence-corrected chi connectivity index (χ3v) is 4.90. The number of anilines is 2. The Hall–Kier alpha value is -2.73. The maximum Gasteiger partial charge on any atom is 0.234 e. The van der Waals surface area contributed by atoms with E-state index in [1.165, 1.54) is 0 Å². The van der Waals surface area contributed by atoms with Gasteiger partial charge in [-0.2, -0.15) is 0 Å². The van der Waals surface area contributed by atoms with Gasteiger partial charge < -0.3 is 20.2 Å². The van der Waals surface area contributed by atoms with Crippen molar-refractivity contribution in [2.24, 2.45) is 0 Å². The first-order valence-electron chi connectivity index (χ1n) is 9.30. The first kappa shape index (κ1) is 19.0. The van der Waals surface area contributed by atoms with Crippen LogP contribution in [0.2, 0.25) is 0 Å². The molecule has 144 valence electrons. The first-order chi connectivity index (χ1) is 13.0. The van der Waals surface area contributed by atoms with Crippen LogP contribution in [-0.4, -0.2) is 62.7 Å². The van der Waals surface area contributed by atoms with Crippen LogP contribution < -0.4 is 15.1 Å². The van der Waals surface area contributed by atoms with Gasteiger partial charge in [-0.15, -0.1) is 0 Å². The number of carbonyl (C=O) groups excluding carboxylic acids is 1. The zero-order chi connectivity index (χ0) is 19.2. The molecule has 3 rings (SSSR count). The number of benzene rings is 2. The lowest BCUT2D eigenvalue weighted by Crippen LogP contribution is -2.49. The monoisotopic (exact) mass is 368 g/mol. The molecule has 0 unspecified atom stereocenters. The molecule has 27 heavy (non-hydrogen) atoms. The van der Waals surface area contributed by atoms with E-state index in [1.54, 1.807) is 12.1 Å². The number of phenolic OH excluding ortho intramolecular Hbond substituents is 1. The highest BCUT2D eigenvalue weighted by molar-refractivity contribution is 5.78. The molecule has 1 saturated heterocycles. The molecule has 1 aliphatic rings. The number of hydrogen-bond donors (Lipinski definition) is 2. The van der Waals surface area contributed by atoms with Gasteiger partial charge in [0.2, 0.25) is 5.91 Å². The number of piperazine rings is 1. The second-order valence-electron chi connectivity index (χ2n) is 7.12. The van der Waals surface area contributed by atoms with E-state index in [1.807, 2.05) is 38.4 Å². The highest BCUT2D eigenvalue weighted by Crippen LogP contribution is 2.19. The third-order valence-electron chi connectivity index (χ3n) is 4.90. The maximum atomic E-state index is 12.2. The largest absolute Gasteiger partial charge is 0.508 e. The van der Waals surface area contributed by atoms with Crippen LogP contribution in [0.4, 0.5) is 11.4 Å². The smallest absolute Gasteiger partial charge is 0.234 e. The van der Waals surface area contributed by atoms with E-state index < -0.39 is 0 Å². The Balaban J connectivity index is 1.40. The Morgan fingerprint density at radius 1 is 1.00 bits per heavy atom. The molecular weight excluding hydrogens is 340 g/mol. The second-order valence-corrected chi connectivity index (χ2v) is 7.12. The minimum absolute atomic E-state index is 0.0600. The Morgan fingerprint density at radius 2 is 1.63 bits per heavy atom. The van der Waals surface area contributed by atoms with E-state index in [4.69, 9.17) is 0 Å². The molecule has 0 bridgehead atoms. The molecule has 1 fully saturated rings. The van der Waals surface area contributed by atoms with Crippen LogP contribution in [0.3, 0.4) is 0 Å². The number of hydrogen-bond acceptors (Lipinski definition) is 5. The fourth-order valence-electron chi connectivity index (χ4n) is 3.20. The number of phenols is 1. The van der Waals surface area contributed by atoms with Gasteiger partial charge in [-0.1, -0.05) is 12.1 Å². The summed E-state index contributed by atoms with van der Waals surface area (Å²) in [5, 5.41) is 12.4. The summed E-state index contributed by atoms with van der Waals surface area (Å²) in [5.41, 5.74) is 3.36. The highest BCUT2D eigenvalue weighted by atomic mass is 16.3. The Kier molecular flexibility index (Phi) is 6.19. The summed E-state index contributed by atoms with van der Waals surface area (Å²) < 4.78 is 0. The van der Waals surface area contributed by atoms with E-state index in [0.29, 0.717) is 13.1 Å². The SMILES string of the molecule is CN(C)c1ccc(CNC(=O)CN2CCN(c3ccc(O)cc3)CC2)cc1. The molecule has 2 aromatic rings. The lowest BCUT2D eigenvalue weighted by Gasteiger charge is -2.35. The minimum Gasteiger partial charge on any atom is -0.508 e. The normalized spacial score (nSPS) is 14.8. The van der Waals surface area contributed by atoms with Crippen molar-refractivity contribution in [3.8, 4) is 5.75 Å². The molecule has 0 saturated carbocycles. The van der Waals surface area contributed by atoms with E-state index in [-0.39, 0.29) is 11.7 Å². The number of nitrogens with zero attached hydrogens (tertiary/aromatic N) is 3. The zero-order valence-electron chi connectivity index (χ0n) is 16.1. The number of rotatable bonds is 6. The fourth-order valence-corrected chi connectivity index (χ4v) is 3.20. The lowest BCUT2D eigenvalue weighted by molar-refractivity contribution is -0.122. The van der Waals surface area contributed by atoms with Gasteiger partial charge in [0.1, 0.15) is 5.75 Å². The molecule has 1 amide bonds. The number of nitrogens with one attached hydrogen (secondary N) is 1. The van der Waals surface area contributed by atoms with Crippen molar-refractivity contribution >= 4 is 17.3 Å². The second kappa shape index (κ2) is 8.77. The van der Waals surface area contributed by atoms with Gasteiger partial charge in [-0.3, -0.25) is 9.69 Å². The van der Waals surface area contributed by atoms with Crippen molar-refractivity contribution < 1.29 is 9.90 Å². The van der Waals surface area contributed by atoms with E-state index in [2.05, 4.69) is 32.1 Å². The van der Waals surface area contributed by atoms with Crippen molar-refractivity contribution in [3.63, 3.8) is 0 Å². The van der Waals surface area contributed by atoms with Gasteiger partial charge in [0.25, 0.3) is 0 Å². The number of amides is 1. The fraction of sp³-hybridized carbons (Fsp3) is 0.381. The van der Waals surface area contributed by atoms with E-state index in [0.717, 1.165) is 43.1 Å². The Labute approximate surface area is 161 Å². The summed E-state index contributed by atoms with van der Waals surface area (Å²) in [5.74, 6) is 0.343. The summed E-state index contributed by atoms with van der Waals surface area (Å²) in [6.45, 7) is 4.45. The Morgan fingerprint density at radius 3 is 2.22 bits per heavy atom. The molecule has 1 aliphatic heterocycles. The van der Waals surface area contributed by atoms with Gasteiger partial charge in [-0.05, 0) is 42.0 Å². The summed E-state index contributed by atoms with van der Waals surface area (Å²) in [6.07, 6.45) is 0. The van der Waals surface area contributed by atoms with Gasteiger partial charge >= 0.3 is 0 Å². The van der Waals surface area contributed by atoms with Crippen LogP contribution in [0.15, 0.2) is 48.5 Å². The first-order valence-corrected chi connectivity index (χ1v) is 9.30. The van der Waals surface area contributed by atoms with Crippen molar-refractivity contribution in [1.29, 1.82) is 0 Å². The van der Waals surface area contributed by atoms with E-state index >= 15 is 0 Å². The maximum absolute atomic E-state index is 12.2. The Bertz CT molecular complexity index is 736. The van der Waals surface area contributed by atoms with Crippen molar-refractivity contribution in [2.45, 2.75) is 6.54 Å². The van der Waals surface area contributed by atoms with Crippen LogP contribution in [0, 0.1) is 0 Å². The van der Waals surface area contributed by atoms with Gasteiger partial charge in [0.15, 0.2) is 0 Å². The molecule has 2 aromatic carbocycles. The van der Waals surface area contributed by atoms with Crippen molar-refractivity contribution in [2.75, 3.05) is 56.6 Å². The van der Waals surface area contributed by atoms with Crippen LogP contribution >= 0.6 is 0 Å². The molecule has 0 spiro atoms. The van der Waals surface area contributed by atoms with Crippen molar-refractivity contribution in [1.82, 2.24) is 10.2 Å². The number of aromatic hydroxyl groups is 1. The molecule has 0 aromatic heterocycles. The standard InChI is InChI=1S/C21H28N4O2/c1-23(2)18-5-3-17(4-6-18)15-22-21(27)16-24-11-13-25(14-12-24)19-7-9-20(26)10-8-19/h3-10,26H,11-16H2,1-2H3,(H,22,27). The summed E-state index contributed by atoms with van der Waals surface area (Å²) in [4.78, 5) is 18.8. The molecule has 0 atom stereocenters. The molecule has 2 N–H and O–H groups in total. The van der Waals surface area contributed by atoms with Crippen LogP contribution in [-0.2, 0) is 11.3 Å². The molecule has 6 heteroatoms. The zero-order valence-corrected chi connectivity index (χ0v) is 16.1. The molecule has 0 aliphatic carbocycles. The highest BCUT2D eigenvalue weighted by Gasteiger charge is 2.19. The molecule has 0 radical (unpaired) electrons. The van der Waals surface area contributed by atoms with Crippen LogP contribution in [0.5, 0.6) is 5.75 Å². The average molecular weight is 368 g/mol. The third kappa shape index (κ3) is 5.37. The predicted molar refractivity (Wildman–Crippen MR) is 109 cm³/mol. The topological polar surface area (TPSA) is 59.1 Å². The van der Waals surface area contributed by atoms with Gasteiger partial charge in [-0.25, -0.2) is 0 Å². The summed E-state index contributed by atoms with van der Waals surface area (Å²) >= 11 is 0. The summed E-state index contributed by atoms with van der Waals surface area (Å²) in [6, 6.07) is 15.5. The van der Waals surface area contributed by atoms with Crippen LogP contribution in [0.25, 0.3) is 0 Å².